The number of hydrogen-bond acceptors (Lipinski definition) is 4. The summed E-state index contributed by atoms with van der Waals surface area (Å²) in [4.78, 5) is 37.9. The summed E-state index contributed by atoms with van der Waals surface area (Å²) >= 11 is 0. The first-order valence-electron chi connectivity index (χ1n) is 8.27. The number of nitrogens with two attached hydrogens (primary N) is 1. The average molecular weight is 330 g/mol. The Labute approximate surface area is 140 Å². The second-order valence-electron chi connectivity index (χ2n) is 6.41. The van der Waals surface area contributed by atoms with Crippen LogP contribution in [0, 0.1) is 0 Å². The molecular formula is C17H22N4O3. The van der Waals surface area contributed by atoms with Crippen LogP contribution in [-0.4, -0.2) is 34.8 Å². The van der Waals surface area contributed by atoms with Gasteiger partial charge in [0.2, 0.25) is 5.91 Å². The number of nitrogens with one attached hydrogen (secondary N) is 2. The largest absolute Gasteiger partial charge is 0.326 e. The van der Waals surface area contributed by atoms with E-state index in [1.807, 2.05) is 12.1 Å². The minimum Gasteiger partial charge on any atom is -0.326 e. The maximum absolute atomic E-state index is 12.6. The quantitative estimate of drug-likeness (QED) is 0.725. The van der Waals surface area contributed by atoms with Crippen molar-refractivity contribution in [3.8, 4) is 0 Å². The molecule has 2 aliphatic rings. The van der Waals surface area contributed by atoms with E-state index in [-0.39, 0.29) is 12.5 Å². The van der Waals surface area contributed by atoms with Gasteiger partial charge in [-0.3, -0.25) is 14.5 Å². The average Bonchev–Trinajstić information content (AvgIpc) is 2.80. The third-order valence-electron chi connectivity index (χ3n) is 4.73. The van der Waals surface area contributed by atoms with Crippen LogP contribution < -0.4 is 16.4 Å². The van der Waals surface area contributed by atoms with Crippen LogP contribution in [0.15, 0.2) is 24.3 Å². The normalized spacial score (nSPS) is 19.5. The fourth-order valence-corrected chi connectivity index (χ4v) is 3.38. The molecule has 4 N–H and O–H groups in total. The summed E-state index contributed by atoms with van der Waals surface area (Å²) in [5.74, 6) is -0.673. The number of rotatable bonds is 4. The van der Waals surface area contributed by atoms with E-state index in [9.17, 15) is 14.4 Å². The zero-order valence-electron chi connectivity index (χ0n) is 13.5. The molecule has 3 rings (SSSR count). The van der Waals surface area contributed by atoms with Gasteiger partial charge in [-0.2, -0.15) is 0 Å². The molecular weight excluding hydrogens is 308 g/mol. The first-order valence-corrected chi connectivity index (χ1v) is 8.27. The highest BCUT2D eigenvalue weighted by molar-refractivity contribution is 6.10. The van der Waals surface area contributed by atoms with Gasteiger partial charge in [-0.15, -0.1) is 0 Å². The molecule has 0 unspecified atom stereocenters. The molecule has 4 amide bonds. The topological polar surface area (TPSA) is 105 Å². The summed E-state index contributed by atoms with van der Waals surface area (Å²) in [7, 11) is 0. The van der Waals surface area contributed by atoms with Crippen LogP contribution >= 0.6 is 0 Å². The van der Waals surface area contributed by atoms with E-state index < -0.39 is 17.5 Å². The number of carbonyl (C=O) groups is 3. The van der Waals surface area contributed by atoms with E-state index in [4.69, 9.17) is 5.73 Å². The molecule has 0 radical (unpaired) electrons. The van der Waals surface area contributed by atoms with Crippen LogP contribution in [0.5, 0.6) is 0 Å². The summed E-state index contributed by atoms with van der Waals surface area (Å²) in [5, 5.41) is 5.50. The predicted octanol–water partition coefficient (Wildman–Crippen LogP) is 1.34. The van der Waals surface area contributed by atoms with Crippen molar-refractivity contribution in [3.05, 3.63) is 29.8 Å². The zero-order valence-corrected chi connectivity index (χ0v) is 13.5. The van der Waals surface area contributed by atoms with Gasteiger partial charge in [-0.25, -0.2) is 4.79 Å². The molecule has 1 aromatic rings. The Morgan fingerprint density at radius 2 is 1.83 bits per heavy atom. The van der Waals surface area contributed by atoms with Crippen LogP contribution in [0.2, 0.25) is 0 Å². The minimum absolute atomic E-state index is 0.273. The number of amides is 4. The van der Waals surface area contributed by atoms with Crippen molar-refractivity contribution in [2.45, 2.75) is 44.2 Å². The van der Waals surface area contributed by atoms with Gasteiger partial charge in [0.25, 0.3) is 5.91 Å². The summed E-state index contributed by atoms with van der Waals surface area (Å²) < 4.78 is 0. The maximum Gasteiger partial charge on any atom is 0.325 e. The Morgan fingerprint density at radius 3 is 2.46 bits per heavy atom. The lowest BCUT2D eigenvalue weighted by atomic mass is 9.82. The SMILES string of the molecule is NCc1ccc(NC(=O)CN2C(=O)NC3(CCCCC3)C2=O)cc1. The van der Waals surface area contributed by atoms with Crippen molar-refractivity contribution in [3.63, 3.8) is 0 Å². The number of imide groups is 1. The third-order valence-corrected chi connectivity index (χ3v) is 4.73. The fraction of sp³-hybridized carbons (Fsp3) is 0.471. The molecule has 24 heavy (non-hydrogen) atoms. The highest BCUT2D eigenvalue weighted by Gasteiger charge is 2.51. The zero-order chi connectivity index (χ0) is 17.2. The smallest absolute Gasteiger partial charge is 0.325 e. The predicted molar refractivity (Wildman–Crippen MR) is 89.0 cm³/mol. The number of carbonyl (C=O) groups excluding carboxylic acids is 3. The van der Waals surface area contributed by atoms with Gasteiger partial charge in [0, 0.05) is 12.2 Å². The first kappa shape index (κ1) is 16.4. The molecule has 7 heteroatoms. The van der Waals surface area contributed by atoms with E-state index in [1.165, 1.54) is 0 Å². The monoisotopic (exact) mass is 330 g/mol. The van der Waals surface area contributed by atoms with Crippen molar-refractivity contribution in [1.29, 1.82) is 0 Å². The highest BCUT2D eigenvalue weighted by atomic mass is 16.2. The standard InChI is InChI=1S/C17H22N4O3/c18-10-12-4-6-13(7-5-12)19-14(22)11-21-15(23)17(20-16(21)24)8-2-1-3-9-17/h4-7H,1-3,8-11,18H2,(H,19,22)(H,20,24). The lowest BCUT2D eigenvalue weighted by molar-refractivity contribution is -0.134. The van der Waals surface area contributed by atoms with E-state index >= 15 is 0 Å². The minimum atomic E-state index is -0.793. The fourth-order valence-electron chi connectivity index (χ4n) is 3.38. The van der Waals surface area contributed by atoms with Crippen molar-refractivity contribution >= 4 is 23.5 Å². The maximum atomic E-state index is 12.6. The van der Waals surface area contributed by atoms with Gasteiger partial charge in [-0.1, -0.05) is 31.4 Å². The number of anilines is 1. The number of hydrogen-bond donors (Lipinski definition) is 3. The Hall–Kier alpha value is -2.41. The molecule has 128 valence electrons. The molecule has 1 aromatic carbocycles. The van der Waals surface area contributed by atoms with Crippen LogP contribution in [0.3, 0.4) is 0 Å². The van der Waals surface area contributed by atoms with Gasteiger partial charge in [0.1, 0.15) is 12.1 Å². The van der Waals surface area contributed by atoms with E-state index in [0.717, 1.165) is 29.7 Å². The molecule has 0 aromatic heterocycles. The Morgan fingerprint density at radius 1 is 1.17 bits per heavy atom. The number of urea groups is 1. The van der Waals surface area contributed by atoms with Crippen molar-refractivity contribution in [1.82, 2.24) is 10.2 Å². The van der Waals surface area contributed by atoms with Crippen molar-refractivity contribution < 1.29 is 14.4 Å². The highest BCUT2D eigenvalue weighted by Crippen LogP contribution is 2.33. The van der Waals surface area contributed by atoms with Gasteiger partial charge in [-0.05, 0) is 30.5 Å². The summed E-state index contributed by atoms with van der Waals surface area (Å²) in [6, 6.07) is 6.65. The lowest BCUT2D eigenvalue weighted by Gasteiger charge is -2.30. The lowest BCUT2D eigenvalue weighted by Crippen LogP contribution is -2.48. The summed E-state index contributed by atoms with van der Waals surface area (Å²) in [6.07, 6.45) is 4.20. The van der Waals surface area contributed by atoms with Crippen LogP contribution in [0.4, 0.5) is 10.5 Å². The molecule has 1 heterocycles. The Balaban J connectivity index is 1.63. The molecule has 1 aliphatic heterocycles. The van der Waals surface area contributed by atoms with Crippen molar-refractivity contribution in [2.75, 3.05) is 11.9 Å². The van der Waals surface area contributed by atoms with Crippen LogP contribution in [0.1, 0.15) is 37.7 Å². The second-order valence-corrected chi connectivity index (χ2v) is 6.41. The molecule has 0 bridgehead atoms. The van der Waals surface area contributed by atoms with E-state index in [2.05, 4.69) is 10.6 Å². The molecule has 1 saturated heterocycles. The van der Waals surface area contributed by atoms with Gasteiger partial charge in [0.05, 0.1) is 0 Å². The molecule has 1 saturated carbocycles. The first-order chi connectivity index (χ1) is 11.5. The molecule has 2 fully saturated rings. The van der Waals surface area contributed by atoms with Gasteiger partial charge < -0.3 is 16.4 Å². The van der Waals surface area contributed by atoms with Crippen LogP contribution in [-0.2, 0) is 16.1 Å². The summed E-state index contributed by atoms with van der Waals surface area (Å²) in [5.41, 5.74) is 6.31. The Bertz CT molecular complexity index is 650. The number of nitrogens with zero attached hydrogens (tertiary/aromatic N) is 1. The molecule has 0 atom stereocenters. The van der Waals surface area contributed by atoms with Crippen LogP contribution in [0.25, 0.3) is 0 Å². The third kappa shape index (κ3) is 3.12. The van der Waals surface area contributed by atoms with Crippen molar-refractivity contribution in [2.24, 2.45) is 5.73 Å². The number of benzene rings is 1. The van der Waals surface area contributed by atoms with Gasteiger partial charge in [0.15, 0.2) is 0 Å². The molecule has 1 aliphatic carbocycles. The second kappa shape index (κ2) is 6.60. The molecule has 1 spiro atoms. The Kier molecular flexibility index (Phi) is 4.53. The van der Waals surface area contributed by atoms with E-state index in [0.29, 0.717) is 25.1 Å². The van der Waals surface area contributed by atoms with E-state index in [1.54, 1.807) is 12.1 Å². The molecule has 7 nitrogen and oxygen atoms in total. The summed E-state index contributed by atoms with van der Waals surface area (Å²) in [6.45, 7) is 0.157. The van der Waals surface area contributed by atoms with Gasteiger partial charge >= 0.3 is 6.03 Å².